The van der Waals surface area contributed by atoms with Crippen LogP contribution in [0.2, 0.25) is 0 Å². The minimum atomic E-state index is -0.00106. The Bertz CT molecular complexity index is 512. The number of nitrogens with zero attached hydrogens (tertiary/aromatic N) is 2. The van der Waals surface area contributed by atoms with Gasteiger partial charge in [0.2, 0.25) is 5.88 Å². The fraction of sp³-hybridized carbons (Fsp3) is 0.154. The lowest BCUT2D eigenvalue weighted by Crippen LogP contribution is -2.05. The van der Waals surface area contributed by atoms with Crippen LogP contribution in [0.5, 0.6) is 5.88 Å². The predicted molar refractivity (Wildman–Crippen MR) is 63.1 cm³/mol. The molecule has 0 aliphatic heterocycles. The molecule has 0 N–H and O–H groups in total. The van der Waals surface area contributed by atoms with Crippen LogP contribution >= 0.6 is 0 Å². The van der Waals surface area contributed by atoms with Crippen LogP contribution in [0, 0.1) is 0 Å². The van der Waals surface area contributed by atoms with Gasteiger partial charge in [-0.1, -0.05) is 6.07 Å². The molecule has 0 saturated carbocycles. The highest BCUT2D eigenvalue weighted by atomic mass is 16.5. The van der Waals surface area contributed by atoms with E-state index in [1.807, 2.05) is 6.07 Å². The van der Waals surface area contributed by atoms with E-state index in [2.05, 4.69) is 9.97 Å². The van der Waals surface area contributed by atoms with Gasteiger partial charge in [-0.15, -0.1) is 0 Å². The molecule has 0 spiro atoms. The first-order chi connectivity index (χ1) is 8.29. The van der Waals surface area contributed by atoms with Crippen molar-refractivity contribution in [1.82, 2.24) is 9.97 Å². The van der Waals surface area contributed by atoms with Gasteiger partial charge in [0, 0.05) is 24.0 Å². The second-order valence-electron chi connectivity index (χ2n) is 3.51. The van der Waals surface area contributed by atoms with E-state index in [0.29, 0.717) is 17.1 Å². The van der Waals surface area contributed by atoms with Gasteiger partial charge in [0.05, 0.1) is 19.2 Å². The number of rotatable bonds is 4. The average molecular weight is 228 g/mol. The molecule has 4 heteroatoms. The zero-order valence-corrected chi connectivity index (χ0v) is 9.46. The molecule has 0 radical (unpaired) electrons. The maximum atomic E-state index is 11.9. The lowest BCUT2D eigenvalue weighted by molar-refractivity contribution is 0.0991. The SMILES string of the molecule is COc1cccc(CC(=O)c2cccnc2)n1. The second-order valence-corrected chi connectivity index (χ2v) is 3.51. The Hall–Kier alpha value is -2.23. The first-order valence-corrected chi connectivity index (χ1v) is 5.23. The highest BCUT2D eigenvalue weighted by Gasteiger charge is 2.08. The lowest BCUT2D eigenvalue weighted by Gasteiger charge is -2.02. The molecule has 0 bridgehead atoms. The van der Waals surface area contributed by atoms with E-state index in [4.69, 9.17) is 4.74 Å². The Labute approximate surface area is 99.3 Å². The van der Waals surface area contributed by atoms with Gasteiger partial charge >= 0.3 is 0 Å². The van der Waals surface area contributed by atoms with Gasteiger partial charge in [0.1, 0.15) is 0 Å². The number of hydrogen-bond acceptors (Lipinski definition) is 4. The van der Waals surface area contributed by atoms with Gasteiger partial charge in [-0.2, -0.15) is 0 Å². The number of pyridine rings is 2. The Morgan fingerprint density at radius 3 is 2.88 bits per heavy atom. The van der Waals surface area contributed by atoms with E-state index < -0.39 is 0 Å². The van der Waals surface area contributed by atoms with E-state index >= 15 is 0 Å². The number of ether oxygens (including phenoxy) is 1. The number of carbonyl (C=O) groups excluding carboxylic acids is 1. The largest absolute Gasteiger partial charge is 0.481 e. The van der Waals surface area contributed by atoms with Crippen LogP contribution in [-0.4, -0.2) is 22.9 Å². The summed E-state index contributed by atoms with van der Waals surface area (Å²) in [4.78, 5) is 20.0. The molecule has 0 unspecified atom stereocenters. The highest BCUT2D eigenvalue weighted by molar-refractivity contribution is 5.96. The normalized spacial score (nSPS) is 9.94. The molecule has 2 rings (SSSR count). The van der Waals surface area contributed by atoms with Crippen LogP contribution < -0.4 is 4.74 Å². The molecule has 86 valence electrons. The summed E-state index contributed by atoms with van der Waals surface area (Å²) in [6.45, 7) is 0. The number of methoxy groups -OCH3 is 1. The second kappa shape index (κ2) is 5.21. The van der Waals surface area contributed by atoms with Crippen LogP contribution in [0.15, 0.2) is 42.7 Å². The molecule has 4 nitrogen and oxygen atoms in total. The van der Waals surface area contributed by atoms with Gasteiger partial charge in [-0.25, -0.2) is 4.98 Å². The Morgan fingerprint density at radius 1 is 1.29 bits per heavy atom. The molecule has 17 heavy (non-hydrogen) atoms. The summed E-state index contributed by atoms with van der Waals surface area (Å²) in [5.41, 5.74) is 1.29. The van der Waals surface area contributed by atoms with Crippen molar-refractivity contribution in [3.63, 3.8) is 0 Å². The fourth-order valence-electron chi connectivity index (χ4n) is 1.46. The quantitative estimate of drug-likeness (QED) is 0.750. The zero-order valence-electron chi connectivity index (χ0n) is 9.46. The third kappa shape index (κ3) is 2.87. The molecule has 0 atom stereocenters. The molecule has 2 aromatic rings. The van der Waals surface area contributed by atoms with Crippen LogP contribution in [0.4, 0.5) is 0 Å². The van der Waals surface area contributed by atoms with E-state index in [1.165, 1.54) is 0 Å². The number of aromatic nitrogens is 2. The summed E-state index contributed by atoms with van der Waals surface area (Å²) in [6, 6.07) is 8.86. The predicted octanol–water partition coefficient (Wildman–Crippen LogP) is 1.91. The number of carbonyl (C=O) groups is 1. The van der Waals surface area contributed by atoms with Gasteiger partial charge in [-0.05, 0) is 18.2 Å². The molecular weight excluding hydrogens is 216 g/mol. The van der Waals surface area contributed by atoms with E-state index in [1.54, 1.807) is 43.8 Å². The minimum absolute atomic E-state index is 0.00106. The van der Waals surface area contributed by atoms with Crippen molar-refractivity contribution in [3.8, 4) is 5.88 Å². The van der Waals surface area contributed by atoms with Gasteiger partial charge in [0.25, 0.3) is 0 Å². The summed E-state index contributed by atoms with van der Waals surface area (Å²) >= 11 is 0. The average Bonchev–Trinajstić information content (AvgIpc) is 2.40. The van der Waals surface area contributed by atoms with E-state index in [0.717, 1.165) is 0 Å². The molecular formula is C13H12N2O2. The van der Waals surface area contributed by atoms with Gasteiger partial charge < -0.3 is 4.74 Å². The molecule has 0 aromatic carbocycles. The van der Waals surface area contributed by atoms with Crippen LogP contribution in [0.3, 0.4) is 0 Å². The first-order valence-electron chi connectivity index (χ1n) is 5.23. The van der Waals surface area contributed by atoms with Gasteiger partial charge in [-0.3, -0.25) is 9.78 Å². The zero-order chi connectivity index (χ0) is 12.1. The van der Waals surface area contributed by atoms with Crippen molar-refractivity contribution in [2.45, 2.75) is 6.42 Å². The van der Waals surface area contributed by atoms with Crippen LogP contribution in [0.1, 0.15) is 16.1 Å². The molecule has 0 fully saturated rings. The monoisotopic (exact) mass is 228 g/mol. The molecule has 0 saturated heterocycles. The van der Waals surface area contributed by atoms with E-state index in [-0.39, 0.29) is 12.2 Å². The van der Waals surface area contributed by atoms with Crippen molar-refractivity contribution in [3.05, 3.63) is 54.0 Å². The van der Waals surface area contributed by atoms with Crippen molar-refractivity contribution < 1.29 is 9.53 Å². The van der Waals surface area contributed by atoms with Crippen molar-refractivity contribution in [1.29, 1.82) is 0 Å². The summed E-state index contributed by atoms with van der Waals surface area (Å²) < 4.78 is 5.01. The minimum Gasteiger partial charge on any atom is -0.481 e. The molecule has 2 aromatic heterocycles. The number of hydrogen-bond donors (Lipinski definition) is 0. The van der Waals surface area contributed by atoms with Crippen LogP contribution in [0.25, 0.3) is 0 Å². The summed E-state index contributed by atoms with van der Waals surface area (Å²) in [5, 5.41) is 0. The highest BCUT2D eigenvalue weighted by Crippen LogP contribution is 2.09. The Balaban J connectivity index is 2.13. The van der Waals surface area contributed by atoms with Crippen LogP contribution in [-0.2, 0) is 6.42 Å². The smallest absolute Gasteiger partial charge is 0.213 e. The van der Waals surface area contributed by atoms with Crippen molar-refractivity contribution >= 4 is 5.78 Å². The fourth-order valence-corrected chi connectivity index (χ4v) is 1.46. The standard InChI is InChI=1S/C13H12N2O2/c1-17-13-6-2-5-11(15-13)8-12(16)10-4-3-7-14-9-10/h2-7,9H,8H2,1H3. The lowest BCUT2D eigenvalue weighted by atomic mass is 10.1. The number of ketones is 1. The van der Waals surface area contributed by atoms with Gasteiger partial charge in [0.15, 0.2) is 5.78 Å². The Morgan fingerprint density at radius 2 is 2.18 bits per heavy atom. The summed E-state index contributed by atoms with van der Waals surface area (Å²) in [5.74, 6) is 0.514. The van der Waals surface area contributed by atoms with Crippen molar-refractivity contribution in [2.75, 3.05) is 7.11 Å². The summed E-state index contributed by atoms with van der Waals surface area (Å²) in [6.07, 6.45) is 3.45. The first kappa shape index (κ1) is 11.3. The molecule has 0 aliphatic rings. The third-order valence-corrected chi connectivity index (χ3v) is 2.32. The van der Waals surface area contributed by atoms with E-state index in [9.17, 15) is 4.79 Å². The van der Waals surface area contributed by atoms with Crippen molar-refractivity contribution in [2.24, 2.45) is 0 Å². The third-order valence-electron chi connectivity index (χ3n) is 2.32. The molecule has 2 heterocycles. The molecule has 0 aliphatic carbocycles. The maximum Gasteiger partial charge on any atom is 0.213 e. The topological polar surface area (TPSA) is 52.1 Å². The number of Topliss-reactive ketones (excluding diaryl/α,β-unsaturated/α-hetero) is 1. The maximum absolute atomic E-state index is 11.9. The Kier molecular flexibility index (Phi) is 3.45. The summed E-state index contributed by atoms with van der Waals surface area (Å²) in [7, 11) is 1.55. The molecule has 0 amide bonds.